The summed E-state index contributed by atoms with van der Waals surface area (Å²) in [7, 11) is 3.03. The van der Waals surface area contributed by atoms with E-state index in [0.717, 1.165) is 25.7 Å². The van der Waals surface area contributed by atoms with Crippen LogP contribution in [0.1, 0.15) is 42.5 Å². The molecule has 1 aromatic rings. The highest BCUT2D eigenvalue weighted by Gasteiger charge is 2.20. The molecule has 0 bridgehead atoms. The van der Waals surface area contributed by atoms with Gasteiger partial charge in [0.25, 0.3) is 5.91 Å². The second-order valence-electron chi connectivity index (χ2n) is 5.51. The molecule has 0 heterocycles. The van der Waals surface area contributed by atoms with E-state index < -0.39 is 0 Å². The maximum atomic E-state index is 12.5. The lowest BCUT2D eigenvalue weighted by molar-refractivity contribution is 0.0927. The number of ether oxygens (including phenoxy) is 3. The van der Waals surface area contributed by atoms with Gasteiger partial charge in [-0.25, -0.2) is 0 Å². The molecule has 1 N–H and O–H groups in total. The van der Waals surface area contributed by atoms with E-state index in [1.165, 1.54) is 20.6 Å². The summed E-state index contributed by atoms with van der Waals surface area (Å²) < 4.78 is 16.1. The highest BCUT2D eigenvalue weighted by atomic mass is 16.5. The van der Waals surface area contributed by atoms with Crippen LogP contribution in [-0.2, 0) is 0 Å². The molecule has 1 fully saturated rings. The van der Waals surface area contributed by atoms with Crippen LogP contribution in [-0.4, -0.2) is 32.8 Å². The third-order valence-corrected chi connectivity index (χ3v) is 3.96. The Kier molecular flexibility index (Phi) is 6.16. The molecule has 0 unspecified atom stereocenters. The molecule has 0 saturated heterocycles. The zero-order chi connectivity index (χ0) is 16.7. The standard InChI is InChI=1S/C18H23NO4/c1-4-10-23-17-15(21-2)11-13(12-16(17)22-3)18(20)19-14-8-6-5-7-9-14/h1,11-12,14H,5-10H2,2-3H3,(H,19,20). The highest BCUT2D eigenvalue weighted by Crippen LogP contribution is 2.38. The lowest BCUT2D eigenvalue weighted by Crippen LogP contribution is -2.36. The predicted octanol–water partition coefficient (Wildman–Crippen LogP) is 2.78. The summed E-state index contributed by atoms with van der Waals surface area (Å²) in [6, 6.07) is 3.53. The van der Waals surface area contributed by atoms with Gasteiger partial charge in [0.15, 0.2) is 11.5 Å². The van der Waals surface area contributed by atoms with Gasteiger partial charge in [0.2, 0.25) is 5.75 Å². The molecule has 0 aliphatic heterocycles. The summed E-state index contributed by atoms with van der Waals surface area (Å²) in [6.07, 6.45) is 10.9. The van der Waals surface area contributed by atoms with Gasteiger partial charge in [-0.05, 0) is 25.0 Å². The van der Waals surface area contributed by atoms with Crippen molar-refractivity contribution in [2.45, 2.75) is 38.1 Å². The number of carbonyl (C=O) groups excluding carboxylic acids is 1. The summed E-state index contributed by atoms with van der Waals surface area (Å²) in [5, 5.41) is 3.08. The van der Waals surface area contributed by atoms with Crippen LogP contribution in [0.15, 0.2) is 12.1 Å². The second-order valence-corrected chi connectivity index (χ2v) is 5.51. The Hall–Kier alpha value is -2.35. The van der Waals surface area contributed by atoms with E-state index in [-0.39, 0.29) is 18.6 Å². The molecule has 5 heteroatoms. The molecule has 124 valence electrons. The molecule has 1 saturated carbocycles. The van der Waals surface area contributed by atoms with Crippen LogP contribution in [0.5, 0.6) is 17.2 Å². The number of amides is 1. The Morgan fingerprint density at radius 2 is 1.83 bits per heavy atom. The lowest BCUT2D eigenvalue weighted by atomic mass is 9.95. The third-order valence-electron chi connectivity index (χ3n) is 3.96. The fraction of sp³-hybridized carbons (Fsp3) is 0.500. The summed E-state index contributed by atoms with van der Waals surface area (Å²) in [5.74, 6) is 3.52. The Bertz CT molecular complexity index is 560. The number of benzene rings is 1. The Balaban J connectivity index is 2.21. The van der Waals surface area contributed by atoms with E-state index in [2.05, 4.69) is 11.2 Å². The van der Waals surface area contributed by atoms with E-state index in [1.54, 1.807) is 12.1 Å². The second kappa shape index (κ2) is 8.33. The Morgan fingerprint density at radius 3 is 2.35 bits per heavy atom. The minimum atomic E-state index is -0.128. The van der Waals surface area contributed by atoms with Gasteiger partial charge in [-0.2, -0.15) is 0 Å². The molecular weight excluding hydrogens is 294 g/mol. The maximum absolute atomic E-state index is 12.5. The van der Waals surface area contributed by atoms with Crippen molar-refractivity contribution in [3.63, 3.8) is 0 Å². The van der Waals surface area contributed by atoms with Crippen LogP contribution < -0.4 is 19.5 Å². The first kappa shape index (κ1) is 17.0. The lowest BCUT2D eigenvalue weighted by Gasteiger charge is -2.23. The summed E-state index contributed by atoms with van der Waals surface area (Å²) in [4.78, 5) is 12.5. The quantitative estimate of drug-likeness (QED) is 0.820. The molecule has 0 aromatic heterocycles. The molecule has 0 atom stereocenters. The smallest absolute Gasteiger partial charge is 0.251 e. The predicted molar refractivity (Wildman–Crippen MR) is 88.2 cm³/mol. The monoisotopic (exact) mass is 317 g/mol. The van der Waals surface area contributed by atoms with Crippen molar-refractivity contribution in [2.75, 3.05) is 20.8 Å². The van der Waals surface area contributed by atoms with Gasteiger partial charge in [0, 0.05) is 11.6 Å². The highest BCUT2D eigenvalue weighted by molar-refractivity contribution is 5.95. The van der Waals surface area contributed by atoms with Gasteiger partial charge in [-0.1, -0.05) is 25.2 Å². The zero-order valence-corrected chi connectivity index (χ0v) is 13.7. The maximum Gasteiger partial charge on any atom is 0.251 e. The van der Waals surface area contributed by atoms with Gasteiger partial charge in [-0.3, -0.25) is 4.79 Å². The molecule has 23 heavy (non-hydrogen) atoms. The Labute approximate surface area is 137 Å². The number of nitrogens with one attached hydrogen (secondary N) is 1. The van der Waals surface area contributed by atoms with Crippen molar-refractivity contribution in [1.29, 1.82) is 0 Å². The minimum absolute atomic E-state index is 0.0976. The summed E-state index contributed by atoms with van der Waals surface area (Å²) in [6.45, 7) is 0.0976. The van der Waals surface area contributed by atoms with Crippen LogP contribution in [0.4, 0.5) is 0 Å². The number of methoxy groups -OCH3 is 2. The van der Waals surface area contributed by atoms with Gasteiger partial charge in [0.1, 0.15) is 6.61 Å². The molecule has 2 rings (SSSR count). The van der Waals surface area contributed by atoms with Gasteiger partial charge in [-0.15, -0.1) is 6.42 Å². The molecule has 1 aliphatic carbocycles. The molecule has 5 nitrogen and oxygen atoms in total. The third kappa shape index (κ3) is 4.32. The van der Waals surface area contributed by atoms with Crippen LogP contribution in [0.25, 0.3) is 0 Å². The average molecular weight is 317 g/mol. The van der Waals surface area contributed by atoms with Crippen molar-refractivity contribution >= 4 is 5.91 Å². The number of rotatable bonds is 6. The SMILES string of the molecule is C#CCOc1c(OC)cc(C(=O)NC2CCCCC2)cc1OC. The molecule has 1 amide bonds. The number of terminal acetylenes is 1. The molecule has 0 radical (unpaired) electrons. The van der Waals surface area contributed by atoms with E-state index in [0.29, 0.717) is 22.8 Å². The van der Waals surface area contributed by atoms with Crippen LogP contribution >= 0.6 is 0 Å². The van der Waals surface area contributed by atoms with Crippen molar-refractivity contribution in [3.05, 3.63) is 17.7 Å². The van der Waals surface area contributed by atoms with Gasteiger partial charge >= 0.3 is 0 Å². The van der Waals surface area contributed by atoms with E-state index in [1.807, 2.05) is 0 Å². The van der Waals surface area contributed by atoms with E-state index in [4.69, 9.17) is 20.6 Å². The van der Waals surface area contributed by atoms with Crippen molar-refractivity contribution in [2.24, 2.45) is 0 Å². The fourth-order valence-electron chi connectivity index (χ4n) is 2.78. The normalized spacial score (nSPS) is 14.7. The van der Waals surface area contributed by atoms with Crippen molar-refractivity contribution in [1.82, 2.24) is 5.32 Å². The summed E-state index contributed by atoms with van der Waals surface area (Å²) in [5.41, 5.74) is 0.484. The van der Waals surface area contributed by atoms with Crippen molar-refractivity contribution in [3.8, 4) is 29.6 Å². The fourth-order valence-corrected chi connectivity index (χ4v) is 2.78. The minimum Gasteiger partial charge on any atom is -0.493 e. The van der Waals surface area contributed by atoms with Gasteiger partial charge < -0.3 is 19.5 Å². The van der Waals surface area contributed by atoms with Crippen LogP contribution in [0, 0.1) is 12.3 Å². The number of carbonyl (C=O) groups is 1. The first-order valence-electron chi connectivity index (χ1n) is 7.82. The van der Waals surface area contributed by atoms with E-state index in [9.17, 15) is 4.79 Å². The zero-order valence-electron chi connectivity index (χ0n) is 13.7. The first-order valence-corrected chi connectivity index (χ1v) is 7.82. The molecule has 0 spiro atoms. The largest absolute Gasteiger partial charge is 0.493 e. The molecule has 1 aliphatic rings. The van der Waals surface area contributed by atoms with Gasteiger partial charge in [0.05, 0.1) is 14.2 Å². The summed E-state index contributed by atoms with van der Waals surface area (Å²) >= 11 is 0. The molecule has 1 aromatic carbocycles. The Morgan fingerprint density at radius 1 is 1.22 bits per heavy atom. The first-order chi connectivity index (χ1) is 11.2. The average Bonchev–Trinajstić information content (AvgIpc) is 2.59. The van der Waals surface area contributed by atoms with Crippen LogP contribution in [0.2, 0.25) is 0 Å². The topological polar surface area (TPSA) is 56.8 Å². The number of hydrogen-bond donors (Lipinski definition) is 1. The van der Waals surface area contributed by atoms with E-state index >= 15 is 0 Å². The molecular formula is C18H23NO4. The number of hydrogen-bond acceptors (Lipinski definition) is 4. The van der Waals surface area contributed by atoms with Crippen LogP contribution in [0.3, 0.4) is 0 Å². The van der Waals surface area contributed by atoms with Crippen molar-refractivity contribution < 1.29 is 19.0 Å².